The lowest BCUT2D eigenvalue weighted by Crippen LogP contribution is -2.15. The van der Waals surface area contributed by atoms with Crippen LogP contribution in [0.5, 0.6) is 0 Å². The van der Waals surface area contributed by atoms with E-state index in [0.717, 1.165) is 20.5 Å². The maximum atomic E-state index is 12.8. The number of fused-ring (bicyclic) bond motifs is 1. The second-order valence-corrected chi connectivity index (χ2v) is 9.29. The average Bonchev–Trinajstić information content (AvgIpc) is 3.05. The van der Waals surface area contributed by atoms with Gasteiger partial charge in [0.15, 0.2) is 5.16 Å². The molecule has 2 aromatic carbocycles. The predicted molar refractivity (Wildman–Crippen MR) is 124 cm³/mol. The van der Waals surface area contributed by atoms with Gasteiger partial charge < -0.3 is 10.3 Å². The van der Waals surface area contributed by atoms with E-state index in [4.69, 9.17) is 0 Å². The van der Waals surface area contributed by atoms with Crippen LogP contribution in [0.25, 0.3) is 21.3 Å². The molecular weight excluding hydrogens is 470 g/mol. The van der Waals surface area contributed by atoms with Crippen molar-refractivity contribution in [1.82, 2.24) is 9.97 Å². The standard InChI is InChI=1S/C21H16BrN3O2S2/c1-12-17(13-7-3-2-4-8-13)18-19(27)24-21(25-20(18)29-12)28-11-16(26)23-15-10-6-5-9-14(15)22/h2-10H,11H2,1H3,(H,23,26)(H,24,25,27). The molecule has 0 saturated carbocycles. The van der Waals surface area contributed by atoms with E-state index < -0.39 is 0 Å². The highest BCUT2D eigenvalue weighted by Gasteiger charge is 2.17. The van der Waals surface area contributed by atoms with E-state index in [1.165, 1.54) is 23.1 Å². The van der Waals surface area contributed by atoms with Crippen molar-refractivity contribution in [2.75, 3.05) is 11.1 Å². The summed E-state index contributed by atoms with van der Waals surface area (Å²) >= 11 is 6.10. The Morgan fingerprint density at radius 1 is 1.17 bits per heavy atom. The molecule has 0 atom stereocenters. The molecule has 0 aliphatic carbocycles. The third kappa shape index (κ3) is 4.29. The first-order valence-electron chi connectivity index (χ1n) is 8.79. The molecule has 0 bridgehead atoms. The summed E-state index contributed by atoms with van der Waals surface area (Å²) in [4.78, 5) is 34.2. The Labute approximate surface area is 183 Å². The van der Waals surface area contributed by atoms with Crippen molar-refractivity contribution in [1.29, 1.82) is 0 Å². The first kappa shape index (κ1) is 19.9. The van der Waals surface area contributed by atoms with Gasteiger partial charge in [-0.05, 0) is 40.5 Å². The number of rotatable bonds is 5. The molecule has 4 rings (SSSR count). The van der Waals surface area contributed by atoms with Gasteiger partial charge in [0.25, 0.3) is 5.56 Å². The van der Waals surface area contributed by atoms with Gasteiger partial charge in [0.05, 0.1) is 16.8 Å². The van der Waals surface area contributed by atoms with Crippen LogP contribution in [0, 0.1) is 6.92 Å². The number of aryl methyl sites for hydroxylation is 1. The molecule has 146 valence electrons. The summed E-state index contributed by atoms with van der Waals surface area (Å²) in [6, 6.07) is 17.2. The van der Waals surface area contributed by atoms with Crippen LogP contribution < -0.4 is 10.9 Å². The summed E-state index contributed by atoms with van der Waals surface area (Å²) in [5.74, 6) is -0.0249. The van der Waals surface area contributed by atoms with Crippen LogP contribution in [0.4, 0.5) is 5.69 Å². The number of nitrogens with zero attached hydrogens (tertiary/aromatic N) is 1. The first-order valence-corrected chi connectivity index (χ1v) is 11.4. The summed E-state index contributed by atoms with van der Waals surface area (Å²) in [6.45, 7) is 1.99. The molecule has 0 spiro atoms. The zero-order valence-electron chi connectivity index (χ0n) is 15.4. The number of para-hydroxylation sites is 1. The number of anilines is 1. The normalized spacial score (nSPS) is 11.0. The van der Waals surface area contributed by atoms with Crippen molar-refractivity contribution in [3.05, 3.63) is 74.3 Å². The number of carbonyl (C=O) groups excluding carboxylic acids is 1. The summed E-state index contributed by atoms with van der Waals surface area (Å²) in [6.07, 6.45) is 0. The van der Waals surface area contributed by atoms with Crippen LogP contribution in [0.15, 0.2) is 69.0 Å². The second-order valence-electron chi connectivity index (χ2n) is 6.27. The maximum Gasteiger partial charge on any atom is 0.260 e. The van der Waals surface area contributed by atoms with Crippen LogP contribution >= 0.6 is 39.0 Å². The number of thioether (sulfide) groups is 1. The van der Waals surface area contributed by atoms with Crippen molar-refractivity contribution in [2.45, 2.75) is 12.1 Å². The maximum absolute atomic E-state index is 12.8. The molecule has 0 fully saturated rings. The lowest BCUT2D eigenvalue weighted by molar-refractivity contribution is -0.113. The number of hydrogen-bond donors (Lipinski definition) is 2. The van der Waals surface area contributed by atoms with Crippen LogP contribution in [-0.4, -0.2) is 21.6 Å². The Hall–Kier alpha value is -2.42. The Morgan fingerprint density at radius 3 is 2.66 bits per heavy atom. The van der Waals surface area contributed by atoms with Crippen LogP contribution in [0.1, 0.15) is 4.88 Å². The number of thiophene rings is 1. The van der Waals surface area contributed by atoms with E-state index in [1.807, 2.05) is 61.5 Å². The van der Waals surface area contributed by atoms with E-state index in [-0.39, 0.29) is 17.2 Å². The van der Waals surface area contributed by atoms with E-state index in [0.29, 0.717) is 21.1 Å². The van der Waals surface area contributed by atoms with Crippen molar-refractivity contribution in [2.24, 2.45) is 0 Å². The van der Waals surface area contributed by atoms with Crippen LogP contribution in [0.3, 0.4) is 0 Å². The molecule has 0 saturated heterocycles. The summed E-state index contributed by atoms with van der Waals surface area (Å²) in [7, 11) is 0. The van der Waals surface area contributed by atoms with E-state index in [1.54, 1.807) is 0 Å². The number of aromatic amines is 1. The van der Waals surface area contributed by atoms with Crippen molar-refractivity contribution in [3.8, 4) is 11.1 Å². The van der Waals surface area contributed by atoms with Gasteiger partial charge in [0.2, 0.25) is 5.91 Å². The molecule has 0 aliphatic heterocycles. The fourth-order valence-corrected chi connectivity index (χ4v) is 5.15. The molecule has 2 aromatic heterocycles. The number of benzene rings is 2. The SMILES string of the molecule is Cc1sc2nc(SCC(=O)Nc3ccccc3Br)[nH]c(=O)c2c1-c1ccccc1. The Balaban J connectivity index is 1.56. The number of nitrogens with one attached hydrogen (secondary N) is 2. The predicted octanol–water partition coefficient (Wildman–Crippen LogP) is 5.45. The lowest BCUT2D eigenvalue weighted by atomic mass is 10.0. The molecule has 29 heavy (non-hydrogen) atoms. The lowest BCUT2D eigenvalue weighted by Gasteiger charge is -2.06. The van der Waals surface area contributed by atoms with E-state index in [2.05, 4.69) is 31.2 Å². The third-order valence-electron chi connectivity index (χ3n) is 4.27. The second kappa shape index (κ2) is 8.52. The number of carbonyl (C=O) groups is 1. The summed E-state index contributed by atoms with van der Waals surface area (Å²) in [5.41, 5.74) is 2.43. The highest BCUT2D eigenvalue weighted by Crippen LogP contribution is 2.35. The number of amides is 1. The Kier molecular flexibility index (Phi) is 5.84. The van der Waals surface area contributed by atoms with Crippen molar-refractivity contribution >= 4 is 60.8 Å². The van der Waals surface area contributed by atoms with Gasteiger partial charge in [-0.2, -0.15) is 0 Å². The molecule has 0 aliphatic rings. The number of halogens is 1. The highest BCUT2D eigenvalue weighted by molar-refractivity contribution is 9.10. The fraction of sp³-hybridized carbons (Fsp3) is 0.0952. The first-order chi connectivity index (χ1) is 14.0. The van der Waals surface area contributed by atoms with Gasteiger partial charge >= 0.3 is 0 Å². The molecule has 0 unspecified atom stereocenters. The minimum Gasteiger partial charge on any atom is -0.324 e. The average molecular weight is 486 g/mol. The van der Waals surface area contributed by atoms with Crippen molar-refractivity contribution < 1.29 is 4.79 Å². The molecule has 1 amide bonds. The number of aromatic nitrogens is 2. The topological polar surface area (TPSA) is 74.8 Å². The quantitative estimate of drug-likeness (QED) is 0.291. The summed E-state index contributed by atoms with van der Waals surface area (Å²) in [5, 5.41) is 3.88. The molecule has 5 nitrogen and oxygen atoms in total. The zero-order valence-corrected chi connectivity index (χ0v) is 18.6. The molecule has 2 heterocycles. The highest BCUT2D eigenvalue weighted by atomic mass is 79.9. The zero-order chi connectivity index (χ0) is 20.4. The smallest absolute Gasteiger partial charge is 0.260 e. The largest absolute Gasteiger partial charge is 0.324 e. The van der Waals surface area contributed by atoms with Crippen molar-refractivity contribution in [3.63, 3.8) is 0 Å². The minimum absolute atomic E-state index is 0.145. The van der Waals surface area contributed by atoms with E-state index in [9.17, 15) is 9.59 Å². The molecule has 4 aromatic rings. The van der Waals surface area contributed by atoms with Crippen LogP contribution in [0.2, 0.25) is 0 Å². The number of hydrogen-bond acceptors (Lipinski definition) is 5. The van der Waals surface area contributed by atoms with Gasteiger partial charge in [0, 0.05) is 14.9 Å². The monoisotopic (exact) mass is 485 g/mol. The van der Waals surface area contributed by atoms with Gasteiger partial charge in [-0.1, -0.05) is 54.2 Å². The van der Waals surface area contributed by atoms with Gasteiger partial charge in [-0.25, -0.2) is 4.98 Å². The fourth-order valence-electron chi connectivity index (χ4n) is 3.00. The summed E-state index contributed by atoms with van der Waals surface area (Å²) < 4.78 is 0.814. The molecule has 8 heteroatoms. The Morgan fingerprint density at radius 2 is 1.90 bits per heavy atom. The van der Waals surface area contributed by atoms with Crippen LogP contribution in [-0.2, 0) is 4.79 Å². The van der Waals surface area contributed by atoms with Gasteiger partial charge in [0.1, 0.15) is 4.83 Å². The van der Waals surface area contributed by atoms with E-state index >= 15 is 0 Å². The van der Waals surface area contributed by atoms with Gasteiger partial charge in [-0.3, -0.25) is 9.59 Å². The molecule has 2 N–H and O–H groups in total. The Bertz CT molecular complexity index is 1250. The third-order valence-corrected chi connectivity index (χ3v) is 6.83. The number of H-pyrrole nitrogens is 1. The molecule has 0 radical (unpaired) electrons. The minimum atomic E-state index is -0.188. The van der Waals surface area contributed by atoms with Gasteiger partial charge in [-0.15, -0.1) is 11.3 Å². The molecular formula is C21H16BrN3O2S2.